The number of aryl methyl sites for hydroxylation is 2. The molecule has 2 heterocycles. The minimum absolute atomic E-state index is 0.255. The summed E-state index contributed by atoms with van der Waals surface area (Å²) in [5.74, 6) is 0.756. The van der Waals surface area contributed by atoms with Gasteiger partial charge in [0.15, 0.2) is 0 Å². The second kappa shape index (κ2) is 6.34. The van der Waals surface area contributed by atoms with Crippen molar-refractivity contribution in [3.8, 4) is 0 Å². The lowest BCUT2D eigenvalue weighted by Gasteiger charge is -2.12. The smallest absolute Gasteiger partial charge is 0.129 e. The van der Waals surface area contributed by atoms with Crippen molar-refractivity contribution >= 4 is 11.0 Å². The fraction of sp³-hybridized carbons (Fsp3) is 0.353. The average molecular weight is 300 g/mol. The Bertz CT molecular complexity index is 747. The Morgan fingerprint density at radius 1 is 1.32 bits per heavy atom. The van der Waals surface area contributed by atoms with E-state index in [9.17, 15) is 5.11 Å². The molecule has 1 aromatic carbocycles. The van der Waals surface area contributed by atoms with Crippen molar-refractivity contribution < 1.29 is 14.3 Å². The molecule has 22 heavy (non-hydrogen) atoms. The molecule has 2 aromatic heterocycles. The zero-order valence-corrected chi connectivity index (χ0v) is 12.8. The molecular formula is C17H20N2O3. The fourth-order valence-corrected chi connectivity index (χ4v) is 2.43. The summed E-state index contributed by atoms with van der Waals surface area (Å²) in [5, 5.41) is 10.1. The van der Waals surface area contributed by atoms with Crippen LogP contribution in [0.15, 0.2) is 41.3 Å². The molecule has 0 aliphatic heterocycles. The van der Waals surface area contributed by atoms with Gasteiger partial charge >= 0.3 is 0 Å². The Kier molecular flexibility index (Phi) is 4.27. The summed E-state index contributed by atoms with van der Waals surface area (Å²) in [7, 11) is 0. The van der Waals surface area contributed by atoms with Crippen LogP contribution >= 0.6 is 0 Å². The monoisotopic (exact) mass is 300 g/mol. The maximum atomic E-state index is 10.1. The molecular weight excluding hydrogens is 280 g/mol. The summed E-state index contributed by atoms with van der Waals surface area (Å²) in [6.07, 6.45) is 2.78. The van der Waals surface area contributed by atoms with E-state index in [1.165, 1.54) is 11.1 Å². The maximum absolute atomic E-state index is 10.1. The van der Waals surface area contributed by atoms with E-state index >= 15 is 0 Å². The number of aliphatic hydroxyl groups excluding tert-OH is 1. The molecule has 3 aromatic rings. The Labute approximate surface area is 129 Å². The van der Waals surface area contributed by atoms with Gasteiger partial charge in [-0.15, -0.1) is 0 Å². The topological polar surface area (TPSA) is 60.4 Å². The van der Waals surface area contributed by atoms with Gasteiger partial charge in [0.2, 0.25) is 0 Å². The van der Waals surface area contributed by atoms with Crippen LogP contribution in [0.1, 0.15) is 16.9 Å². The van der Waals surface area contributed by atoms with Gasteiger partial charge in [-0.3, -0.25) is 0 Å². The van der Waals surface area contributed by atoms with Crippen LogP contribution in [0.2, 0.25) is 0 Å². The molecule has 0 aliphatic rings. The van der Waals surface area contributed by atoms with Crippen molar-refractivity contribution in [3.05, 3.63) is 53.7 Å². The Morgan fingerprint density at radius 2 is 2.14 bits per heavy atom. The highest BCUT2D eigenvalue weighted by Gasteiger charge is 2.10. The number of rotatable bonds is 6. The number of hydrogen-bond donors (Lipinski definition) is 1. The standard InChI is InChI=1S/C17H20N2O3/c1-12-6-16-17(7-13(12)2)19(11-18-16)8-14(20)9-21-10-15-4-3-5-22-15/h3-7,11,14,20H,8-10H2,1-2H3/t14-/m0/s1. The van der Waals surface area contributed by atoms with E-state index in [0.717, 1.165) is 16.8 Å². The number of nitrogens with zero attached hydrogens (tertiary/aromatic N) is 2. The molecule has 0 bridgehead atoms. The molecule has 0 fully saturated rings. The van der Waals surface area contributed by atoms with Crippen LogP contribution < -0.4 is 0 Å². The van der Waals surface area contributed by atoms with Crippen LogP contribution in [-0.4, -0.2) is 27.4 Å². The van der Waals surface area contributed by atoms with Gasteiger partial charge in [-0.2, -0.15) is 0 Å². The molecule has 1 atom stereocenters. The van der Waals surface area contributed by atoms with Gasteiger partial charge in [0.1, 0.15) is 12.4 Å². The number of hydrogen-bond acceptors (Lipinski definition) is 4. The first-order chi connectivity index (χ1) is 10.6. The highest BCUT2D eigenvalue weighted by Crippen LogP contribution is 2.18. The molecule has 0 unspecified atom stereocenters. The zero-order valence-electron chi connectivity index (χ0n) is 12.8. The summed E-state index contributed by atoms with van der Waals surface area (Å²) < 4.78 is 12.6. The Balaban J connectivity index is 1.61. The predicted molar refractivity (Wildman–Crippen MR) is 83.6 cm³/mol. The van der Waals surface area contributed by atoms with E-state index in [0.29, 0.717) is 13.2 Å². The van der Waals surface area contributed by atoms with E-state index in [2.05, 4.69) is 31.0 Å². The molecule has 116 valence electrons. The minimum Gasteiger partial charge on any atom is -0.467 e. The number of imidazole rings is 1. The third-order valence-corrected chi connectivity index (χ3v) is 3.78. The van der Waals surface area contributed by atoms with Crippen molar-refractivity contribution in [1.29, 1.82) is 0 Å². The van der Waals surface area contributed by atoms with E-state index < -0.39 is 6.10 Å². The first kappa shape index (κ1) is 14.8. The van der Waals surface area contributed by atoms with Crippen LogP contribution in [0.4, 0.5) is 0 Å². The summed E-state index contributed by atoms with van der Waals surface area (Å²) >= 11 is 0. The van der Waals surface area contributed by atoms with Gasteiger partial charge in [-0.05, 0) is 49.2 Å². The molecule has 0 amide bonds. The number of fused-ring (bicyclic) bond motifs is 1. The molecule has 0 saturated carbocycles. The zero-order chi connectivity index (χ0) is 15.5. The third kappa shape index (κ3) is 3.21. The number of aromatic nitrogens is 2. The Hall–Kier alpha value is -2.11. The maximum Gasteiger partial charge on any atom is 0.129 e. The lowest BCUT2D eigenvalue weighted by Crippen LogP contribution is -2.21. The first-order valence-electron chi connectivity index (χ1n) is 7.34. The van der Waals surface area contributed by atoms with Gasteiger partial charge in [-0.25, -0.2) is 4.98 Å². The normalized spacial score (nSPS) is 12.9. The minimum atomic E-state index is -0.589. The van der Waals surface area contributed by atoms with E-state index in [4.69, 9.17) is 9.15 Å². The highest BCUT2D eigenvalue weighted by molar-refractivity contribution is 5.77. The van der Waals surface area contributed by atoms with Crippen LogP contribution in [0.25, 0.3) is 11.0 Å². The largest absolute Gasteiger partial charge is 0.467 e. The van der Waals surface area contributed by atoms with Crippen molar-refractivity contribution in [2.75, 3.05) is 6.61 Å². The average Bonchev–Trinajstić information content (AvgIpc) is 3.11. The molecule has 5 heteroatoms. The van der Waals surface area contributed by atoms with Crippen molar-refractivity contribution in [2.24, 2.45) is 0 Å². The first-order valence-corrected chi connectivity index (χ1v) is 7.34. The number of aliphatic hydroxyl groups is 1. The van der Waals surface area contributed by atoms with Gasteiger partial charge in [0.05, 0.1) is 42.9 Å². The van der Waals surface area contributed by atoms with Gasteiger partial charge in [-0.1, -0.05) is 0 Å². The summed E-state index contributed by atoms with van der Waals surface area (Å²) in [4.78, 5) is 4.39. The molecule has 0 radical (unpaired) electrons. The van der Waals surface area contributed by atoms with Crippen LogP contribution in [-0.2, 0) is 17.9 Å². The van der Waals surface area contributed by atoms with Crippen molar-refractivity contribution in [1.82, 2.24) is 9.55 Å². The molecule has 0 aliphatic carbocycles. The molecule has 3 rings (SSSR count). The predicted octanol–water partition coefficient (Wildman–Crippen LogP) is 2.82. The molecule has 5 nitrogen and oxygen atoms in total. The second-order valence-corrected chi connectivity index (χ2v) is 5.57. The SMILES string of the molecule is Cc1cc2ncn(C[C@H](O)COCc3ccco3)c2cc1C. The van der Waals surface area contributed by atoms with Crippen molar-refractivity contribution in [2.45, 2.75) is 33.1 Å². The number of benzene rings is 1. The van der Waals surface area contributed by atoms with Crippen molar-refractivity contribution in [3.63, 3.8) is 0 Å². The fourth-order valence-electron chi connectivity index (χ4n) is 2.43. The Morgan fingerprint density at radius 3 is 2.91 bits per heavy atom. The van der Waals surface area contributed by atoms with Gasteiger partial charge in [0.25, 0.3) is 0 Å². The van der Waals surface area contributed by atoms with Gasteiger partial charge in [0, 0.05) is 0 Å². The molecule has 1 N–H and O–H groups in total. The van der Waals surface area contributed by atoms with E-state index in [-0.39, 0.29) is 6.61 Å². The second-order valence-electron chi connectivity index (χ2n) is 5.57. The van der Waals surface area contributed by atoms with E-state index in [1.54, 1.807) is 12.6 Å². The quantitative estimate of drug-likeness (QED) is 0.760. The van der Waals surface area contributed by atoms with Gasteiger partial charge < -0.3 is 18.8 Å². The number of ether oxygens (including phenoxy) is 1. The summed E-state index contributed by atoms with van der Waals surface area (Å²) in [6.45, 7) is 5.23. The lowest BCUT2D eigenvalue weighted by molar-refractivity contribution is 0.0151. The lowest BCUT2D eigenvalue weighted by atomic mass is 10.1. The highest BCUT2D eigenvalue weighted by atomic mass is 16.5. The van der Waals surface area contributed by atoms with E-state index in [1.807, 2.05) is 16.7 Å². The third-order valence-electron chi connectivity index (χ3n) is 3.78. The summed E-state index contributed by atoms with van der Waals surface area (Å²) in [5.41, 5.74) is 4.43. The van der Waals surface area contributed by atoms with Crippen LogP contribution in [0.3, 0.4) is 0 Å². The van der Waals surface area contributed by atoms with Crippen LogP contribution in [0.5, 0.6) is 0 Å². The summed E-state index contributed by atoms with van der Waals surface area (Å²) in [6, 6.07) is 7.84. The number of furan rings is 1. The molecule has 0 spiro atoms. The van der Waals surface area contributed by atoms with Crippen LogP contribution in [0, 0.1) is 13.8 Å². The molecule has 0 saturated heterocycles.